The van der Waals surface area contributed by atoms with Crippen LogP contribution in [0.5, 0.6) is 0 Å². The van der Waals surface area contributed by atoms with Gasteiger partial charge in [-0.05, 0) is 30.8 Å². The van der Waals surface area contributed by atoms with Crippen LogP contribution in [0.1, 0.15) is 16.1 Å². The molecule has 0 spiro atoms. The maximum Gasteiger partial charge on any atom is 0.335 e. The molecule has 0 radical (unpaired) electrons. The SMILES string of the molecule is NCCc1cnc(N=Nc2ccc(C(=O)O)cc2)[nH]1. The number of nitrogens with zero attached hydrogens (tertiary/aromatic N) is 3. The number of carboxylic acid groups (broad SMARTS) is 1. The van der Waals surface area contributed by atoms with E-state index in [1.165, 1.54) is 12.1 Å². The minimum atomic E-state index is -0.971. The molecule has 7 heteroatoms. The summed E-state index contributed by atoms with van der Waals surface area (Å²) in [4.78, 5) is 17.7. The van der Waals surface area contributed by atoms with E-state index < -0.39 is 5.97 Å². The molecule has 2 aromatic rings. The zero-order valence-corrected chi connectivity index (χ0v) is 10.1. The standard InChI is InChI=1S/C12H13N5O2/c13-6-5-10-7-14-12(15-10)17-16-9-3-1-8(2-4-9)11(18)19/h1-4,7H,5-6,13H2,(H,14,15)(H,18,19). The zero-order chi connectivity index (χ0) is 13.7. The van der Waals surface area contributed by atoms with Crippen LogP contribution in [0, 0.1) is 0 Å². The Morgan fingerprint density at radius 2 is 2.05 bits per heavy atom. The van der Waals surface area contributed by atoms with E-state index in [1.54, 1.807) is 18.3 Å². The molecule has 0 bridgehead atoms. The highest BCUT2D eigenvalue weighted by molar-refractivity contribution is 5.87. The van der Waals surface area contributed by atoms with Gasteiger partial charge in [-0.1, -0.05) is 0 Å². The van der Waals surface area contributed by atoms with Gasteiger partial charge in [-0.3, -0.25) is 0 Å². The molecule has 0 unspecified atom stereocenters. The Balaban J connectivity index is 2.06. The highest BCUT2D eigenvalue weighted by Crippen LogP contribution is 2.16. The summed E-state index contributed by atoms with van der Waals surface area (Å²) in [6, 6.07) is 6.10. The smallest absolute Gasteiger partial charge is 0.335 e. The minimum absolute atomic E-state index is 0.210. The number of nitrogens with two attached hydrogens (primary N) is 1. The number of rotatable bonds is 5. The number of aromatic nitrogens is 2. The van der Waals surface area contributed by atoms with Crippen LogP contribution in [0.25, 0.3) is 0 Å². The number of benzene rings is 1. The van der Waals surface area contributed by atoms with E-state index in [-0.39, 0.29) is 5.56 Å². The summed E-state index contributed by atoms with van der Waals surface area (Å²) in [6.45, 7) is 0.537. The Bertz CT molecular complexity index is 588. The molecule has 4 N–H and O–H groups in total. The second-order valence-corrected chi connectivity index (χ2v) is 3.82. The quantitative estimate of drug-likeness (QED) is 0.712. The fourth-order valence-electron chi connectivity index (χ4n) is 1.46. The van der Waals surface area contributed by atoms with E-state index in [1.807, 2.05) is 0 Å². The highest BCUT2D eigenvalue weighted by atomic mass is 16.4. The molecule has 0 aliphatic carbocycles. The van der Waals surface area contributed by atoms with Gasteiger partial charge in [0, 0.05) is 12.1 Å². The van der Waals surface area contributed by atoms with Crippen molar-refractivity contribution in [3.8, 4) is 0 Å². The van der Waals surface area contributed by atoms with Gasteiger partial charge in [-0.2, -0.15) is 0 Å². The molecule has 0 saturated heterocycles. The Kier molecular flexibility index (Phi) is 3.99. The number of carbonyl (C=O) groups is 1. The number of hydrogen-bond acceptors (Lipinski definition) is 5. The van der Waals surface area contributed by atoms with Gasteiger partial charge in [0.05, 0.1) is 17.4 Å². The Morgan fingerprint density at radius 3 is 2.68 bits per heavy atom. The van der Waals surface area contributed by atoms with Crippen molar-refractivity contribution in [2.24, 2.45) is 16.0 Å². The lowest BCUT2D eigenvalue weighted by Crippen LogP contribution is -2.02. The maximum atomic E-state index is 10.7. The molecule has 1 heterocycles. The third-order valence-electron chi connectivity index (χ3n) is 2.40. The number of H-pyrrole nitrogens is 1. The first-order chi connectivity index (χ1) is 9.19. The van der Waals surface area contributed by atoms with Crippen LogP contribution in [0.2, 0.25) is 0 Å². The van der Waals surface area contributed by atoms with Gasteiger partial charge in [0.1, 0.15) is 0 Å². The fraction of sp³-hybridized carbons (Fsp3) is 0.167. The molecule has 7 nitrogen and oxygen atoms in total. The first-order valence-electron chi connectivity index (χ1n) is 5.68. The van der Waals surface area contributed by atoms with E-state index in [4.69, 9.17) is 10.8 Å². The number of nitrogens with one attached hydrogen (secondary N) is 1. The third kappa shape index (κ3) is 3.46. The largest absolute Gasteiger partial charge is 0.478 e. The van der Waals surface area contributed by atoms with Crippen LogP contribution in [0.4, 0.5) is 11.6 Å². The van der Waals surface area contributed by atoms with Crippen molar-refractivity contribution in [3.05, 3.63) is 41.7 Å². The maximum absolute atomic E-state index is 10.7. The van der Waals surface area contributed by atoms with Crippen molar-refractivity contribution in [2.75, 3.05) is 6.54 Å². The molecule has 2 rings (SSSR count). The number of carboxylic acids is 1. The topological polar surface area (TPSA) is 117 Å². The van der Waals surface area contributed by atoms with Crippen LogP contribution in [0.15, 0.2) is 40.7 Å². The Labute approximate surface area is 109 Å². The predicted octanol–water partition coefficient (Wildman–Crippen LogP) is 2.02. The molecule has 19 heavy (non-hydrogen) atoms. The summed E-state index contributed by atoms with van der Waals surface area (Å²) in [5.41, 5.74) is 7.09. The molecular weight excluding hydrogens is 246 g/mol. The van der Waals surface area contributed by atoms with Crippen molar-refractivity contribution < 1.29 is 9.90 Å². The van der Waals surface area contributed by atoms with E-state index in [0.29, 0.717) is 24.6 Å². The van der Waals surface area contributed by atoms with E-state index in [9.17, 15) is 4.79 Å². The summed E-state index contributed by atoms with van der Waals surface area (Å²) >= 11 is 0. The van der Waals surface area contributed by atoms with Gasteiger partial charge < -0.3 is 15.8 Å². The van der Waals surface area contributed by atoms with Crippen molar-refractivity contribution >= 4 is 17.6 Å². The molecular formula is C12H13N5O2. The molecule has 0 fully saturated rings. The molecule has 1 aromatic carbocycles. The average molecular weight is 259 g/mol. The lowest BCUT2D eigenvalue weighted by Gasteiger charge is -1.94. The second kappa shape index (κ2) is 5.87. The Morgan fingerprint density at radius 1 is 1.32 bits per heavy atom. The lowest BCUT2D eigenvalue weighted by molar-refractivity contribution is 0.0697. The van der Waals surface area contributed by atoms with Gasteiger partial charge in [0.25, 0.3) is 0 Å². The first kappa shape index (κ1) is 12.9. The molecule has 0 atom stereocenters. The van der Waals surface area contributed by atoms with Gasteiger partial charge in [-0.25, -0.2) is 9.78 Å². The average Bonchev–Trinajstić information content (AvgIpc) is 2.85. The summed E-state index contributed by atoms with van der Waals surface area (Å²) in [5, 5.41) is 16.6. The number of azo groups is 1. The molecule has 0 aliphatic heterocycles. The van der Waals surface area contributed by atoms with E-state index in [0.717, 1.165) is 5.69 Å². The number of aromatic carboxylic acids is 1. The van der Waals surface area contributed by atoms with Gasteiger partial charge >= 0.3 is 5.97 Å². The van der Waals surface area contributed by atoms with Crippen molar-refractivity contribution in [2.45, 2.75) is 6.42 Å². The van der Waals surface area contributed by atoms with E-state index >= 15 is 0 Å². The van der Waals surface area contributed by atoms with Crippen LogP contribution >= 0.6 is 0 Å². The highest BCUT2D eigenvalue weighted by Gasteiger charge is 2.01. The molecule has 98 valence electrons. The molecule has 0 aliphatic rings. The minimum Gasteiger partial charge on any atom is -0.478 e. The zero-order valence-electron chi connectivity index (χ0n) is 10.1. The van der Waals surface area contributed by atoms with Crippen LogP contribution in [0.3, 0.4) is 0 Å². The molecule has 0 saturated carbocycles. The summed E-state index contributed by atoms with van der Waals surface area (Å²) in [7, 11) is 0. The number of hydrogen-bond donors (Lipinski definition) is 3. The van der Waals surface area contributed by atoms with Crippen LogP contribution < -0.4 is 5.73 Å². The summed E-state index contributed by atoms with van der Waals surface area (Å²) < 4.78 is 0. The van der Waals surface area contributed by atoms with Crippen molar-refractivity contribution in [3.63, 3.8) is 0 Å². The summed E-state index contributed by atoms with van der Waals surface area (Å²) in [5.74, 6) is -0.577. The molecule has 0 amide bonds. The third-order valence-corrected chi connectivity index (χ3v) is 2.40. The lowest BCUT2D eigenvalue weighted by atomic mass is 10.2. The van der Waals surface area contributed by atoms with E-state index in [2.05, 4.69) is 20.2 Å². The number of imidazole rings is 1. The summed E-state index contributed by atoms with van der Waals surface area (Å²) in [6.07, 6.45) is 2.37. The molecule has 1 aromatic heterocycles. The van der Waals surface area contributed by atoms with Crippen LogP contribution in [-0.4, -0.2) is 27.6 Å². The predicted molar refractivity (Wildman–Crippen MR) is 68.9 cm³/mol. The fourth-order valence-corrected chi connectivity index (χ4v) is 1.46. The number of aromatic amines is 1. The first-order valence-corrected chi connectivity index (χ1v) is 5.68. The second-order valence-electron chi connectivity index (χ2n) is 3.82. The normalized spacial score (nSPS) is 11.0. The monoisotopic (exact) mass is 259 g/mol. The van der Waals surface area contributed by atoms with Crippen LogP contribution in [-0.2, 0) is 6.42 Å². The van der Waals surface area contributed by atoms with Crippen molar-refractivity contribution in [1.82, 2.24) is 9.97 Å². The van der Waals surface area contributed by atoms with Gasteiger partial charge in [0.2, 0.25) is 5.95 Å². The van der Waals surface area contributed by atoms with Gasteiger partial charge in [-0.15, -0.1) is 10.2 Å². The Hall–Kier alpha value is -2.54. The van der Waals surface area contributed by atoms with Crippen molar-refractivity contribution in [1.29, 1.82) is 0 Å². The van der Waals surface area contributed by atoms with Gasteiger partial charge in [0.15, 0.2) is 0 Å².